The van der Waals surface area contributed by atoms with Crippen molar-refractivity contribution in [3.63, 3.8) is 0 Å². The second-order valence-corrected chi connectivity index (χ2v) is 7.07. The molecule has 0 radical (unpaired) electrons. The molecule has 1 atom stereocenters. The van der Waals surface area contributed by atoms with Crippen LogP contribution in [0.1, 0.15) is 54.6 Å². The molecule has 0 aromatic heterocycles. The molecule has 0 spiro atoms. The van der Waals surface area contributed by atoms with Gasteiger partial charge in [0, 0.05) is 18.5 Å². The summed E-state index contributed by atoms with van der Waals surface area (Å²) in [6, 6.07) is 14.4. The first-order chi connectivity index (χ1) is 10.8. The zero-order valence-electron chi connectivity index (χ0n) is 14.2. The van der Waals surface area contributed by atoms with Crippen LogP contribution in [0.2, 0.25) is 0 Å². The summed E-state index contributed by atoms with van der Waals surface area (Å²) < 4.78 is 13.2. The third kappa shape index (κ3) is 4.65. The lowest BCUT2D eigenvalue weighted by Gasteiger charge is -2.27. The van der Waals surface area contributed by atoms with E-state index >= 15 is 0 Å². The van der Waals surface area contributed by atoms with Crippen LogP contribution < -0.4 is 5.32 Å². The number of benzene rings is 2. The van der Waals surface area contributed by atoms with Crippen LogP contribution in [0, 0.1) is 11.2 Å². The zero-order valence-corrected chi connectivity index (χ0v) is 14.2. The van der Waals surface area contributed by atoms with E-state index in [0.717, 1.165) is 17.5 Å². The lowest BCUT2D eigenvalue weighted by Crippen LogP contribution is -2.18. The van der Waals surface area contributed by atoms with Gasteiger partial charge >= 0.3 is 0 Å². The lowest BCUT2D eigenvalue weighted by molar-refractivity contribution is 0.0963. The molecule has 2 aromatic carbocycles. The van der Waals surface area contributed by atoms with E-state index in [1.54, 1.807) is 7.05 Å². The first kappa shape index (κ1) is 17.2. The predicted octanol–water partition coefficient (Wildman–Crippen LogP) is 4.75. The molecule has 2 aromatic rings. The van der Waals surface area contributed by atoms with Crippen molar-refractivity contribution in [1.29, 1.82) is 0 Å². The first-order valence-electron chi connectivity index (χ1n) is 7.87. The fourth-order valence-corrected chi connectivity index (χ4v) is 2.75. The molecule has 23 heavy (non-hydrogen) atoms. The van der Waals surface area contributed by atoms with Crippen LogP contribution in [0.4, 0.5) is 4.39 Å². The Bertz CT molecular complexity index is 654. The van der Waals surface area contributed by atoms with E-state index in [9.17, 15) is 9.18 Å². The molecule has 2 rings (SSSR count). The minimum Gasteiger partial charge on any atom is -0.355 e. The Labute approximate surface area is 137 Å². The van der Waals surface area contributed by atoms with Crippen LogP contribution in [0.3, 0.4) is 0 Å². The highest BCUT2D eigenvalue weighted by atomic mass is 19.1. The highest BCUT2D eigenvalue weighted by Gasteiger charge is 2.22. The van der Waals surface area contributed by atoms with Crippen molar-refractivity contribution in [2.45, 2.75) is 33.1 Å². The number of hydrogen-bond donors (Lipinski definition) is 1. The van der Waals surface area contributed by atoms with Crippen molar-refractivity contribution >= 4 is 5.91 Å². The third-order valence-corrected chi connectivity index (χ3v) is 3.89. The Kier molecular flexibility index (Phi) is 5.19. The van der Waals surface area contributed by atoms with Gasteiger partial charge in [0.2, 0.25) is 0 Å². The summed E-state index contributed by atoms with van der Waals surface area (Å²) in [5.41, 5.74) is 3.01. The van der Waals surface area contributed by atoms with Crippen molar-refractivity contribution in [2.75, 3.05) is 7.05 Å². The maximum atomic E-state index is 13.2. The number of hydrogen-bond acceptors (Lipinski definition) is 1. The van der Waals surface area contributed by atoms with Gasteiger partial charge in [-0.3, -0.25) is 4.79 Å². The maximum absolute atomic E-state index is 13.2. The average molecular weight is 313 g/mol. The SMILES string of the molecule is CNC(=O)c1ccc(C(CC(C)(C)C)c2ccc(F)cc2)cc1. The van der Waals surface area contributed by atoms with E-state index in [4.69, 9.17) is 0 Å². The minimum absolute atomic E-state index is 0.0919. The molecule has 1 N–H and O–H groups in total. The number of nitrogens with one attached hydrogen (secondary N) is 1. The van der Waals surface area contributed by atoms with E-state index in [-0.39, 0.29) is 23.1 Å². The number of carbonyl (C=O) groups excluding carboxylic acids is 1. The molecule has 122 valence electrons. The molecule has 0 heterocycles. The number of rotatable bonds is 4. The van der Waals surface area contributed by atoms with Crippen LogP contribution in [0.15, 0.2) is 48.5 Å². The molecule has 0 aliphatic rings. The van der Waals surface area contributed by atoms with Crippen molar-refractivity contribution in [3.05, 3.63) is 71.0 Å². The Morgan fingerprint density at radius 3 is 1.91 bits per heavy atom. The van der Waals surface area contributed by atoms with E-state index in [2.05, 4.69) is 26.1 Å². The van der Waals surface area contributed by atoms with Gasteiger partial charge in [-0.25, -0.2) is 4.39 Å². The zero-order chi connectivity index (χ0) is 17.0. The molecule has 2 nitrogen and oxygen atoms in total. The third-order valence-electron chi connectivity index (χ3n) is 3.89. The lowest BCUT2D eigenvalue weighted by atomic mass is 9.78. The smallest absolute Gasteiger partial charge is 0.251 e. The largest absolute Gasteiger partial charge is 0.355 e. The van der Waals surface area contributed by atoms with E-state index in [1.165, 1.54) is 12.1 Å². The summed E-state index contributed by atoms with van der Waals surface area (Å²) in [7, 11) is 1.62. The molecule has 1 unspecified atom stereocenters. The second-order valence-electron chi connectivity index (χ2n) is 7.07. The van der Waals surface area contributed by atoms with Crippen LogP contribution in [0.5, 0.6) is 0 Å². The predicted molar refractivity (Wildman–Crippen MR) is 92.1 cm³/mol. The quantitative estimate of drug-likeness (QED) is 0.867. The second kappa shape index (κ2) is 6.95. The van der Waals surface area contributed by atoms with Crippen LogP contribution in [0.25, 0.3) is 0 Å². The average Bonchev–Trinajstić information content (AvgIpc) is 2.52. The Morgan fingerprint density at radius 1 is 1.00 bits per heavy atom. The Morgan fingerprint density at radius 2 is 1.48 bits per heavy atom. The van der Waals surface area contributed by atoms with E-state index < -0.39 is 0 Å². The monoisotopic (exact) mass is 313 g/mol. The molecule has 0 aliphatic carbocycles. The molecule has 0 saturated carbocycles. The van der Waals surface area contributed by atoms with Gasteiger partial charge in [-0.1, -0.05) is 45.0 Å². The van der Waals surface area contributed by atoms with Gasteiger partial charge in [0.1, 0.15) is 5.82 Å². The van der Waals surface area contributed by atoms with Crippen molar-refractivity contribution in [3.8, 4) is 0 Å². The standard InChI is InChI=1S/C20H24FNO/c1-20(2,3)13-18(15-9-11-17(21)12-10-15)14-5-7-16(8-6-14)19(23)22-4/h5-12,18H,13H2,1-4H3,(H,22,23). The van der Waals surface area contributed by atoms with Crippen LogP contribution in [-0.2, 0) is 0 Å². The van der Waals surface area contributed by atoms with E-state index in [1.807, 2.05) is 36.4 Å². The molecule has 3 heteroatoms. The fourth-order valence-electron chi connectivity index (χ4n) is 2.75. The van der Waals surface area contributed by atoms with Gasteiger partial charge in [-0.15, -0.1) is 0 Å². The van der Waals surface area contributed by atoms with Crippen LogP contribution >= 0.6 is 0 Å². The van der Waals surface area contributed by atoms with Crippen molar-refractivity contribution < 1.29 is 9.18 Å². The van der Waals surface area contributed by atoms with Crippen molar-refractivity contribution in [2.24, 2.45) is 5.41 Å². The van der Waals surface area contributed by atoms with Gasteiger partial charge in [0.15, 0.2) is 0 Å². The topological polar surface area (TPSA) is 29.1 Å². The summed E-state index contributed by atoms with van der Waals surface area (Å²) in [5.74, 6) is -0.140. The van der Waals surface area contributed by atoms with Gasteiger partial charge in [0.05, 0.1) is 0 Å². The summed E-state index contributed by atoms with van der Waals surface area (Å²) >= 11 is 0. The first-order valence-corrected chi connectivity index (χ1v) is 7.87. The number of carbonyl (C=O) groups is 1. The fraction of sp³-hybridized carbons (Fsp3) is 0.350. The minimum atomic E-state index is -0.224. The Balaban J connectivity index is 2.37. The summed E-state index contributed by atoms with van der Waals surface area (Å²) in [6.07, 6.45) is 0.942. The number of amides is 1. The Hall–Kier alpha value is -2.16. The van der Waals surface area contributed by atoms with Crippen LogP contribution in [-0.4, -0.2) is 13.0 Å². The molecular weight excluding hydrogens is 289 g/mol. The van der Waals surface area contributed by atoms with Gasteiger partial charge in [-0.2, -0.15) is 0 Å². The van der Waals surface area contributed by atoms with Gasteiger partial charge < -0.3 is 5.32 Å². The summed E-state index contributed by atoms with van der Waals surface area (Å²) in [5, 5.41) is 2.63. The summed E-state index contributed by atoms with van der Waals surface area (Å²) in [4.78, 5) is 11.7. The van der Waals surface area contributed by atoms with Crippen molar-refractivity contribution in [1.82, 2.24) is 5.32 Å². The van der Waals surface area contributed by atoms with Gasteiger partial charge in [0.25, 0.3) is 5.91 Å². The molecule has 1 amide bonds. The molecule has 0 aliphatic heterocycles. The highest BCUT2D eigenvalue weighted by molar-refractivity contribution is 5.93. The molecular formula is C20H24FNO. The van der Waals surface area contributed by atoms with Gasteiger partial charge in [-0.05, 0) is 47.2 Å². The maximum Gasteiger partial charge on any atom is 0.251 e. The highest BCUT2D eigenvalue weighted by Crippen LogP contribution is 2.36. The van der Waals surface area contributed by atoms with E-state index in [0.29, 0.717) is 5.56 Å². The molecule has 0 saturated heterocycles. The molecule has 0 fully saturated rings. The number of halogens is 1. The normalized spacial score (nSPS) is 12.7. The summed E-state index contributed by atoms with van der Waals surface area (Å²) in [6.45, 7) is 6.59. The molecule has 0 bridgehead atoms.